The van der Waals surface area contributed by atoms with Crippen molar-refractivity contribution in [3.8, 4) is 5.75 Å². The first-order valence-corrected chi connectivity index (χ1v) is 9.42. The topological polar surface area (TPSA) is 84.5 Å². The van der Waals surface area contributed by atoms with Crippen molar-refractivity contribution in [3.63, 3.8) is 0 Å². The van der Waals surface area contributed by atoms with Gasteiger partial charge >= 0.3 is 0 Å². The summed E-state index contributed by atoms with van der Waals surface area (Å²) < 4.78 is 30.5. The fraction of sp³-hybridized carbons (Fsp3) is 0.188. The van der Waals surface area contributed by atoms with E-state index in [-0.39, 0.29) is 4.90 Å². The molecule has 2 rings (SSSR count). The minimum Gasteiger partial charge on any atom is -0.494 e. The van der Waals surface area contributed by atoms with Gasteiger partial charge in [-0.1, -0.05) is 22.0 Å². The summed E-state index contributed by atoms with van der Waals surface area (Å²) in [6, 6.07) is 11.3. The molecule has 0 aromatic heterocycles. The lowest BCUT2D eigenvalue weighted by atomic mass is 10.2. The first kappa shape index (κ1) is 18.4. The van der Waals surface area contributed by atoms with Crippen LogP contribution in [0.25, 0.3) is 0 Å². The Kier molecular flexibility index (Phi) is 5.98. The number of ether oxygens (including phenoxy) is 1. The predicted molar refractivity (Wildman–Crippen MR) is 94.3 cm³/mol. The highest BCUT2D eigenvalue weighted by atomic mass is 79.9. The Labute approximate surface area is 149 Å². The molecule has 0 bridgehead atoms. The van der Waals surface area contributed by atoms with E-state index in [9.17, 15) is 13.2 Å². The number of halogens is 1. The number of rotatable bonds is 6. The van der Waals surface area contributed by atoms with Gasteiger partial charge < -0.3 is 4.74 Å². The molecule has 0 spiro atoms. The van der Waals surface area contributed by atoms with E-state index < -0.39 is 15.9 Å². The van der Waals surface area contributed by atoms with Crippen LogP contribution < -0.4 is 15.0 Å². The van der Waals surface area contributed by atoms with Gasteiger partial charge in [-0.3, -0.25) is 10.2 Å². The molecule has 0 aliphatic rings. The van der Waals surface area contributed by atoms with Gasteiger partial charge in [-0.15, -0.1) is 4.83 Å². The van der Waals surface area contributed by atoms with Crippen molar-refractivity contribution in [1.82, 2.24) is 10.3 Å². The maximum atomic E-state index is 12.3. The molecule has 2 aromatic carbocycles. The van der Waals surface area contributed by atoms with E-state index in [1.54, 1.807) is 43.3 Å². The van der Waals surface area contributed by atoms with Crippen LogP contribution in [-0.2, 0) is 10.0 Å². The summed E-state index contributed by atoms with van der Waals surface area (Å²) in [5.41, 5.74) is 3.09. The second-order valence-corrected chi connectivity index (χ2v) is 7.49. The Hall–Kier alpha value is -1.90. The van der Waals surface area contributed by atoms with Crippen LogP contribution in [0, 0.1) is 6.92 Å². The molecule has 128 valence electrons. The average Bonchev–Trinajstić information content (AvgIpc) is 2.56. The molecule has 0 radical (unpaired) electrons. The normalized spacial score (nSPS) is 11.1. The Morgan fingerprint density at radius 1 is 1.17 bits per heavy atom. The number of amides is 1. The number of sulfonamides is 1. The van der Waals surface area contributed by atoms with Crippen LogP contribution in [0.1, 0.15) is 22.8 Å². The zero-order valence-electron chi connectivity index (χ0n) is 13.2. The smallest absolute Gasteiger partial charge is 0.266 e. The Bertz CT molecular complexity index is 836. The highest BCUT2D eigenvalue weighted by molar-refractivity contribution is 9.10. The number of carbonyl (C=O) groups excluding carboxylic acids is 1. The molecule has 6 nitrogen and oxygen atoms in total. The molecule has 8 heteroatoms. The molecule has 0 unspecified atom stereocenters. The van der Waals surface area contributed by atoms with E-state index in [1.807, 2.05) is 6.92 Å². The second-order valence-electron chi connectivity index (χ2n) is 4.93. The van der Waals surface area contributed by atoms with E-state index in [0.29, 0.717) is 28.0 Å². The third-order valence-electron chi connectivity index (χ3n) is 3.17. The van der Waals surface area contributed by atoms with Gasteiger partial charge in [0.15, 0.2) is 0 Å². The molecule has 0 saturated heterocycles. The fourth-order valence-corrected chi connectivity index (χ4v) is 3.60. The summed E-state index contributed by atoms with van der Waals surface area (Å²) in [6.45, 7) is 4.06. The Balaban J connectivity index is 2.08. The molecule has 0 aliphatic heterocycles. The number of aryl methyl sites for hydroxylation is 1. The fourth-order valence-electron chi connectivity index (χ4n) is 1.97. The molecule has 2 N–H and O–H groups in total. The van der Waals surface area contributed by atoms with E-state index in [0.717, 1.165) is 0 Å². The summed E-state index contributed by atoms with van der Waals surface area (Å²) in [5, 5.41) is 0. The molecule has 24 heavy (non-hydrogen) atoms. The molecule has 1 amide bonds. The Morgan fingerprint density at radius 2 is 1.83 bits per heavy atom. The lowest BCUT2D eigenvalue weighted by Crippen LogP contribution is -2.41. The van der Waals surface area contributed by atoms with Crippen molar-refractivity contribution < 1.29 is 17.9 Å². The van der Waals surface area contributed by atoms with Gasteiger partial charge in [0, 0.05) is 10.0 Å². The molecular formula is C16H17BrN2O4S. The third-order valence-corrected chi connectivity index (χ3v) is 5.05. The van der Waals surface area contributed by atoms with Gasteiger partial charge in [-0.05, 0) is 55.8 Å². The van der Waals surface area contributed by atoms with Crippen molar-refractivity contribution in [3.05, 3.63) is 58.1 Å². The largest absolute Gasteiger partial charge is 0.494 e. The molecule has 0 heterocycles. The quantitative estimate of drug-likeness (QED) is 0.714. The lowest BCUT2D eigenvalue weighted by Gasteiger charge is -2.11. The van der Waals surface area contributed by atoms with Gasteiger partial charge in [0.2, 0.25) is 0 Å². The van der Waals surface area contributed by atoms with Crippen LogP contribution in [0.2, 0.25) is 0 Å². The first-order valence-electron chi connectivity index (χ1n) is 7.14. The number of hydrogen-bond donors (Lipinski definition) is 2. The van der Waals surface area contributed by atoms with Crippen LogP contribution in [-0.4, -0.2) is 20.9 Å². The van der Waals surface area contributed by atoms with Crippen molar-refractivity contribution >= 4 is 31.9 Å². The van der Waals surface area contributed by atoms with Gasteiger partial charge in [0.1, 0.15) is 5.75 Å². The van der Waals surface area contributed by atoms with E-state index in [1.165, 1.54) is 6.07 Å². The Morgan fingerprint density at radius 3 is 2.46 bits per heavy atom. The molecule has 0 aliphatic carbocycles. The first-order chi connectivity index (χ1) is 11.3. The van der Waals surface area contributed by atoms with E-state index in [4.69, 9.17) is 4.74 Å². The highest BCUT2D eigenvalue weighted by Gasteiger charge is 2.18. The van der Waals surface area contributed by atoms with Crippen LogP contribution in [0.3, 0.4) is 0 Å². The average molecular weight is 413 g/mol. The number of hydrogen-bond acceptors (Lipinski definition) is 4. The van der Waals surface area contributed by atoms with Crippen molar-refractivity contribution in [2.75, 3.05) is 6.61 Å². The van der Waals surface area contributed by atoms with Crippen molar-refractivity contribution in [2.24, 2.45) is 0 Å². The van der Waals surface area contributed by atoms with Gasteiger partial charge in [-0.25, -0.2) is 8.42 Å². The van der Waals surface area contributed by atoms with Crippen molar-refractivity contribution in [1.29, 1.82) is 0 Å². The molecule has 0 saturated carbocycles. The van der Waals surface area contributed by atoms with Crippen LogP contribution in [0.4, 0.5) is 0 Å². The highest BCUT2D eigenvalue weighted by Crippen LogP contribution is 2.20. The zero-order chi connectivity index (χ0) is 17.7. The lowest BCUT2D eigenvalue weighted by molar-refractivity contribution is 0.0945. The van der Waals surface area contributed by atoms with Crippen LogP contribution in [0.5, 0.6) is 5.75 Å². The summed E-state index contributed by atoms with van der Waals surface area (Å²) in [6.07, 6.45) is 0. The minimum absolute atomic E-state index is 0.0869. The molecule has 2 aromatic rings. The molecular weight excluding hydrogens is 396 g/mol. The van der Waals surface area contributed by atoms with Gasteiger partial charge in [0.05, 0.1) is 11.5 Å². The van der Waals surface area contributed by atoms with Crippen molar-refractivity contribution in [2.45, 2.75) is 18.7 Å². The molecule has 0 fully saturated rings. The van der Waals surface area contributed by atoms with Gasteiger partial charge in [-0.2, -0.15) is 0 Å². The predicted octanol–water partition coefficient (Wildman–Crippen LogP) is 2.78. The summed E-state index contributed by atoms with van der Waals surface area (Å²) in [5.74, 6) is 0.0775. The SMILES string of the molecule is CCOc1ccc(C(=O)NNS(=O)(=O)c2cc(Br)ccc2C)cc1. The standard InChI is InChI=1S/C16H17BrN2O4S/c1-3-23-14-8-5-12(6-9-14)16(20)18-19-24(21,22)15-10-13(17)7-4-11(15)2/h4-10,19H,3H2,1-2H3,(H,18,20). The van der Waals surface area contributed by atoms with Gasteiger partial charge in [0.25, 0.3) is 15.9 Å². The minimum atomic E-state index is -3.87. The van der Waals surface area contributed by atoms with E-state index in [2.05, 4.69) is 26.2 Å². The maximum Gasteiger partial charge on any atom is 0.266 e. The van der Waals surface area contributed by atoms with E-state index >= 15 is 0 Å². The number of carbonyl (C=O) groups is 1. The van der Waals surface area contributed by atoms with Crippen LogP contribution >= 0.6 is 15.9 Å². The summed E-state index contributed by atoms with van der Waals surface area (Å²) in [7, 11) is -3.87. The number of benzene rings is 2. The second kappa shape index (κ2) is 7.78. The molecule has 0 atom stereocenters. The zero-order valence-corrected chi connectivity index (χ0v) is 15.6. The summed E-state index contributed by atoms with van der Waals surface area (Å²) >= 11 is 3.23. The monoisotopic (exact) mass is 412 g/mol. The van der Waals surface area contributed by atoms with Crippen LogP contribution in [0.15, 0.2) is 51.8 Å². The maximum absolute atomic E-state index is 12.3. The summed E-state index contributed by atoms with van der Waals surface area (Å²) in [4.78, 5) is 14.2. The third kappa shape index (κ3) is 4.56. The number of nitrogens with one attached hydrogen (secondary N) is 2. The number of hydrazine groups is 1.